The highest BCUT2D eigenvalue weighted by Crippen LogP contribution is 2.35. The number of thiophene rings is 1. The number of rotatable bonds is 0. The van der Waals surface area contributed by atoms with E-state index < -0.39 is 6.69 Å². The molecular weight excluding hydrogens is 209 g/mol. The van der Waals surface area contributed by atoms with Crippen LogP contribution in [-0.2, 0) is 6.54 Å². The minimum absolute atomic E-state index is 0.516. The number of hydrogen-bond donors (Lipinski definition) is 2. The predicted molar refractivity (Wildman–Crippen MR) is 61.7 cm³/mol. The molecule has 3 rings (SSSR count). The molecule has 5 heteroatoms. The van der Waals surface area contributed by atoms with E-state index in [0.717, 1.165) is 37.9 Å². The summed E-state index contributed by atoms with van der Waals surface area (Å²) in [6, 6.07) is 1.89. The summed E-state index contributed by atoms with van der Waals surface area (Å²) in [5.74, 6) is 0. The van der Waals surface area contributed by atoms with E-state index in [2.05, 4.69) is 0 Å². The van der Waals surface area contributed by atoms with Crippen LogP contribution in [0.25, 0.3) is 0 Å². The minimum atomic E-state index is -2.34. The van der Waals surface area contributed by atoms with Crippen molar-refractivity contribution in [3.63, 3.8) is 0 Å². The van der Waals surface area contributed by atoms with Crippen molar-refractivity contribution in [2.75, 3.05) is 13.1 Å². The van der Waals surface area contributed by atoms with Crippen molar-refractivity contribution in [1.82, 2.24) is 0 Å². The van der Waals surface area contributed by atoms with Gasteiger partial charge in [0.05, 0.1) is 6.54 Å². The van der Waals surface area contributed by atoms with Crippen molar-refractivity contribution in [1.29, 1.82) is 0 Å². The first-order chi connectivity index (χ1) is 7.16. The first-order valence-electron chi connectivity index (χ1n) is 5.68. The van der Waals surface area contributed by atoms with Gasteiger partial charge in [-0.1, -0.05) is 11.5 Å². The number of fused-ring (bicyclic) bond motifs is 1. The van der Waals surface area contributed by atoms with Crippen LogP contribution in [0.15, 0.2) is 11.4 Å². The molecule has 2 N–H and O–H groups in total. The molecule has 1 saturated heterocycles. The molecule has 1 aromatic rings. The zero-order valence-electron chi connectivity index (χ0n) is 8.72. The van der Waals surface area contributed by atoms with Gasteiger partial charge in [0.1, 0.15) is 0 Å². The Labute approximate surface area is 93.6 Å². The molecule has 82 valence electrons. The van der Waals surface area contributed by atoms with Gasteiger partial charge in [0.25, 0.3) is 0 Å². The van der Waals surface area contributed by atoms with E-state index in [1.54, 1.807) is 11.3 Å². The molecular formula is C10H16BNO2S. The predicted octanol–water partition coefficient (Wildman–Crippen LogP) is 0.393. The van der Waals surface area contributed by atoms with E-state index in [4.69, 9.17) is 0 Å². The molecule has 0 bridgehead atoms. The van der Waals surface area contributed by atoms with Crippen LogP contribution < -0.4 is 5.46 Å². The van der Waals surface area contributed by atoms with Crippen LogP contribution >= 0.6 is 11.3 Å². The number of quaternary nitrogens is 1. The lowest BCUT2D eigenvalue weighted by molar-refractivity contribution is -0.862. The Balaban J connectivity index is 2.04. The topological polar surface area (TPSA) is 40.5 Å². The molecule has 0 unspecified atom stereocenters. The third kappa shape index (κ3) is 1.18. The van der Waals surface area contributed by atoms with Crippen LogP contribution in [0.5, 0.6) is 0 Å². The molecule has 1 spiro atoms. The SMILES string of the molecule is O[B-]1(O)c2ccsc2C[N+]12CCCCC2. The standard InChI is InChI=1S/C10H16BNO2S/c13-11(14)9-4-7-15-10(9)8-12(11)5-2-1-3-6-12/h4,7,13-14H,1-3,5-6,8H2. The molecule has 0 amide bonds. The molecule has 0 atom stereocenters. The lowest BCUT2D eigenvalue weighted by Crippen LogP contribution is -2.71. The third-order valence-corrected chi connectivity index (χ3v) is 5.05. The fraction of sp³-hybridized carbons (Fsp3) is 0.600. The third-order valence-electron chi connectivity index (χ3n) is 4.13. The zero-order chi connectivity index (χ0) is 10.5. The average molecular weight is 225 g/mol. The Morgan fingerprint density at radius 1 is 1.20 bits per heavy atom. The number of hydrogen-bond acceptors (Lipinski definition) is 3. The first-order valence-corrected chi connectivity index (χ1v) is 6.56. The summed E-state index contributed by atoms with van der Waals surface area (Å²) < 4.78 is 0.516. The number of piperidine rings is 1. The highest BCUT2D eigenvalue weighted by molar-refractivity contribution is 7.12. The van der Waals surface area contributed by atoms with Gasteiger partial charge < -0.3 is 14.4 Å². The summed E-state index contributed by atoms with van der Waals surface area (Å²) in [5, 5.41) is 22.8. The molecule has 2 aliphatic heterocycles. The van der Waals surface area contributed by atoms with Gasteiger partial charge in [-0.15, -0.1) is 11.3 Å². The molecule has 15 heavy (non-hydrogen) atoms. The van der Waals surface area contributed by atoms with Crippen LogP contribution in [0, 0.1) is 0 Å². The monoisotopic (exact) mass is 225 g/mol. The summed E-state index contributed by atoms with van der Waals surface area (Å²) in [5.41, 5.74) is 0.807. The zero-order valence-corrected chi connectivity index (χ0v) is 9.54. The van der Waals surface area contributed by atoms with Gasteiger partial charge in [-0.3, -0.25) is 0 Å². The van der Waals surface area contributed by atoms with Gasteiger partial charge in [0.2, 0.25) is 0 Å². The van der Waals surface area contributed by atoms with Crippen molar-refractivity contribution in [3.8, 4) is 0 Å². The Kier molecular flexibility index (Phi) is 2.02. The molecule has 3 heterocycles. The van der Waals surface area contributed by atoms with E-state index in [0.29, 0.717) is 4.39 Å². The molecule has 0 aromatic carbocycles. The van der Waals surface area contributed by atoms with Gasteiger partial charge in [-0.05, 0) is 24.6 Å². The Bertz CT molecular complexity index is 385. The lowest BCUT2D eigenvalue weighted by Gasteiger charge is -2.52. The summed E-state index contributed by atoms with van der Waals surface area (Å²) in [4.78, 5) is 1.18. The lowest BCUT2D eigenvalue weighted by atomic mass is 9.62. The van der Waals surface area contributed by atoms with Gasteiger partial charge >= 0.3 is 6.69 Å². The maximum absolute atomic E-state index is 10.4. The first kappa shape index (κ1) is 9.84. The number of nitrogens with zero attached hydrogens (tertiary/aromatic N) is 1. The summed E-state index contributed by atoms with van der Waals surface area (Å²) in [6.07, 6.45) is 3.49. The van der Waals surface area contributed by atoms with Gasteiger partial charge in [-0.2, -0.15) is 0 Å². The summed E-state index contributed by atoms with van der Waals surface area (Å²) in [6.45, 7) is 0.343. The van der Waals surface area contributed by atoms with Gasteiger partial charge in [-0.25, -0.2) is 0 Å². The maximum atomic E-state index is 10.4. The van der Waals surface area contributed by atoms with E-state index in [-0.39, 0.29) is 0 Å². The van der Waals surface area contributed by atoms with Crippen molar-refractivity contribution in [2.24, 2.45) is 0 Å². The molecule has 0 aliphatic carbocycles. The van der Waals surface area contributed by atoms with Crippen molar-refractivity contribution < 1.29 is 14.4 Å². The summed E-state index contributed by atoms with van der Waals surface area (Å²) in [7, 11) is 0. The van der Waals surface area contributed by atoms with Crippen molar-refractivity contribution in [3.05, 3.63) is 16.3 Å². The van der Waals surface area contributed by atoms with E-state index >= 15 is 0 Å². The highest BCUT2D eigenvalue weighted by atomic mass is 32.1. The van der Waals surface area contributed by atoms with Crippen LogP contribution in [0.4, 0.5) is 0 Å². The smallest absolute Gasteiger partial charge is 0.499 e. The normalized spacial score (nSPS) is 26.8. The Hall–Kier alpha value is -0.355. The van der Waals surface area contributed by atoms with Crippen LogP contribution in [0.1, 0.15) is 24.1 Å². The van der Waals surface area contributed by atoms with Crippen LogP contribution in [-0.4, -0.2) is 34.2 Å². The Morgan fingerprint density at radius 2 is 1.93 bits per heavy atom. The second-order valence-corrected chi connectivity index (χ2v) is 5.92. The van der Waals surface area contributed by atoms with E-state index in [9.17, 15) is 10.0 Å². The molecule has 3 nitrogen and oxygen atoms in total. The second kappa shape index (κ2) is 3.07. The molecule has 2 aliphatic rings. The molecule has 0 radical (unpaired) electrons. The highest BCUT2D eigenvalue weighted by Gasteiger charge is 2.54. The van der Waals surface area contributed by atoms with Crippen LogP contribution in [0.3, 0.4) is 0 Å². The van der Waals surface area contributed by atoms with Gasteiger partial charge in [0.15, 0.2) is 0 Å². The fourth-order valence-corrected chi connectivity index (χ4v) is 4.27. The van der Waals surface area contributed by atoms with Crippen molar-refractivity contribution >= 4 is 23.5 Å². The summed E-state index contributed by atoms with van der Waals surface area (Å²) >= 11 is 1.66. The quantitative estimate of drug-likeness (QED) is 0.627. The average Bonchev–Trinajstić information content (AvgIpc) is 2.73. The van der Waals surface area contributed by atoms with Gasteiger partial charge in [0, 0.05) is 18.0 Å². The molecule has 1 aromatic heterocycles. The minimum Gasteiger partial charge on any atom is -0.524 e. The second-order valence-electron chi connectivity index (χ2n) is 4.92. The fourth-order valence-electron chi connectivity index (χ4n) is 3.19. The van der Waals surface area contributed by atoms with E-state index in [1.807, 2.05) is 11.4 Å². The molecule has 0 saturated carbocycles. The Morgan fingerprint density at radius 3 is 2.60 bits per heavy atom. The molecule has 1 fully saturated rings. The van der Waals surface area contributed by atoms with Crippen molar-refractivity contribution in [2.45, 2.75) is 25.8 Å². The van der Waals surface area contributed by atoms with Crippen LogP contribution in [0.2, 0.25) is 0 Å². The largest absolute Gasteiger partial charge is 0.524 e. The van der Waals surface area contributed by atoms with E-state index in [1.165, 1.54) is 11.3 Å². The maximum Gasteiger partial charge on any atom is 0.499 e.